The van der Waals surface area contributed by atoms with Crippen molar-refractivity contribution in [1.82, 2.24) is 0 Å². The van der Waals surface area contributed by atoms with E-state index in [1.165, 1.54) is 103 Å². The summed E-state index contributed by atoms with van der Waals surface area (Å²) in [6.45, 7) is 3.38. The first kappa shape index (κ1) is 55.7. The Hall–Kier alpha value is -2.34. The number of hydrogen-bond donors (Lipinski definition) is 4. The van der Waals surface area contributed by atoms with Crippen LogP contribution in [0.5, 0.6) is 0 Å². The van der Waals surface area contributed by atoms with Gasteiger partial charge in [-0.3, -0.25) is 9.59 Å². The molecule has 0 bridgehead atoms. The molecule has 1 saturated heterocycles. The van der Waals surface area contributed by atoms with Crippen molar-refractivity contribution in [3.8, 4) is 0 Å². The van der Waals surface area contributed by atoms with Gasteiger partial charge in [-0.15, -0.1) is 0 Å². The van der Waals surface area contributed by atoms with E-state index < -0.39 is 55.4 Å². The highest BCUT2D eigenvalue weighted by molar-refractivity contribution is 5.70. The van der Waals surface area contributed by atoms with Gasteiger partial charge in [0.15, 0.2) is 12.4 Å². The molecule has 348 valence electrons. The van der Waals surface area contributed by atoms with Gasteiger partial charge in [0, 0.05) is 12.8 Å². The lowest BCUT2D eigenvalue weighted by molar-refractivity contribution is -0.305. The third kappa shape index (κ3) is 31.5. The van der Waals surface area contributed by atoms with Crippen molar-refractivity contribution in [2.75, 3.05) is 19.8 Å². The molecule has 1 aliphatic rings. The smallest absolute Gasteiger partial charge is 0.306 e. The molecule has 0 amide bonds. The summed E-state index contributed by atoms with van der Waals surface area (Å²) in [5, 5.41) is 40.1. The first-order chi connectivity index (χ1) is 29.3. The van der Waals surface area contributed by atoms with Crippen LogP contribution in [0.1, 0.15) is 200 Å². The fourth-order valence-electron chi connectivity index (χ4n) is 7.11. The molecule has 1 aliphatic heterocycles. The van der Waals surface area contributed by atoms with Crippen molar-refractivity contribution < 1.29 is 49.0 Å². The second kappa shape index (κ2) is 40.7. The van der Waals surface area contributed by atoms with Crippen molar-refractivity contribution in [2.24, 2.45) is 0 Å². The first-order valence-electron chi connectivity index (χ1n) is 24.2. The topological polar surface area (TPSA) is 152 Å². The molecule has 2 unspecified atom stereocenters. The quantitative estimate of drug-likeness (QED) is 0.0266. The minimum Gasteiger partial charge on any atom is -0.462 e. The van der Waals surface area contributed by atoms with Gasteiger partial charge in [0.2, 0.25) is 0 Å². The molecular formula is C50H88O10. The van der Waals surface area contributed by atoms with Crippen LogP contribution >= 0.6 is 0 Å². The van der Waals surface area contributed by atoms with Crippen LogP contribution in [0.15, 0.2) is 48.6 Å². The van der Waals surface area contributed by atoms with E-state index in [2.05, 4.69) is 62.5 Å². The van der Waals surface area contributed by atoms with Gasteiger partial charge >= 0.3 is 11.9 Å². The molecule has 1 heterocycles. The van der Waals surface area contributed by atoms with Crippen LogP contribution in [0.25, 0.3) is 0 Å². The minimum absolute atomic E-state index is 0.225. The average Bonchev–Trinajstić information content (AvgIpc) is 3.25. The fourth-order valence-corrected chi connectivity index (χ4v) is 7.11. The maximum Gasteiger partial charge on any atom is 0.306 e. The maximum absolute atomic E-state index is 12.8. The monoisotopic (exact) mass is 849 g/mol. The Labute approximate surface area is 365 Å². The Kier molecular flexibility index (Phi) is 37.8. The zero-order valence-corrected chi connectivity index (χ0v) is 37.9. The number of esters is 2. The molecule has 10 nitrogen and oxygen atoms in total. The number of unbranched alkanes of at least 4 members (excludes halogenated alkanes) is 21. The average molecular weight is 849 g/mol. The van der Waals surface area contributed by atoms with E-state index in [-0.39, 0.29) is 26.1 Å². The summed E-state index contributed by atoms with van der Waals surface area (Å²) >= 11 is 0. The molecule has 1 fully saturated rings. The molecular weight excluding hydrogens is 761 g/mol. The van der Waals surface area contributed by atoms with E-state index >= 15 is 0 Å². The van der Waals surface area contributed by atoms with Crippen molar-refractivity contribution >= 4 is 11.9 Å². The summed E-state index contributed by atoms with van der Waals surface area (Å²) in [6, 6.07) is 0. The van der Waals surface area contributed by atoms with Crippen LogP contribution in [0.3, 0.4) is 0 Å². The van der Waals surface area contributed by atoms with E-state index in [1.807, 2.05) is 0 Å². The van der Waals surface area contributed by atoms with Gasteiger partial charge in [-0.2, -0.15) is 0 Å². The van der Waals surface area contributed by atoms with Gasteiger partial charge in [0.1, 0.15) is 31.0 Å². The number of rotatable bonds is 40. The van der Waals surface area contributed by atoms with Crippen molar-refractivity contribution in [3.05, 3.63) is 48.6 Å². The van der Waals surface area contributed by atoms with Crippen LogP contribution in [0, 0.1) is 0 Å². The zero-order chi connectivity index (χ0) is 43.7. The van der Waals surface area contributed by atoms with Crippen LogP contribution in [-0.4, -0.2) is 89.0 Å². The molecule has 1 rings (SSSR count). The maximum atomic E-state index is 12.8. The molecule has 0 aliphatic carbocycles. The number of hydrogen-bond acceptors (Lipinski definition) is 10. The summed E-state index contributed by atoms with van der Waals surface area (Å²) in [4.78, 5) is 25.4. The van der Waals surface area contributed by atoms with Gasteiger partial charge in [-0.1, -0.05) is 178 Å². The lowest BCUT2D eigenvalue weighted by Gasteiger charge is -2.39. The number of allylic oxidation sites excluding steroid dienone is 8. The number of ether oxygens (including phenoxy) is 4. The van der Waals surface area contributed by atoms with Crippen LogP contribution < -0.4 is 0 Å². The molecule has 0 aromatic heterocycles. The number of aliphatic hydroxyl groups excluding tert-OH is 4. The predicted octanol–water partition coefficient (Wildman–Crippen LogP) is 10.8. The number of aliphatic hydroxyl groups is 4. The zero-order valence-electron chi connectivity index (χ0n) is 37.9. The lowest BCUT2D eigenvalue weighted by atomic mass is 9.99. The summed E-state index contributed by atoms with van der Waals surface area (Å²) in [6.07, 6.45) is 41.1. The predicted molar refractivity (Wildman–Crippen MR) is 242 cm³/mol. The number of carbonyl (C=O) groups is 2. The van der Waals surface area contributed by atoms with Gasteiger partial charge < -0.3 is 39.4 Å². The van der Waals surface area contributed by atoms with Crippen molar-refractivity contribution in [3.63, 3.8) is 0 Å². The standard InChI is InChI=1S/C50H88O10/c1-3-5-7-9-11-13-15-17-19-21-22-23-25-26-28-30-32-34-36-38-45(52)57-41-43(42-58-50-49(56)48(55)47(54)44(40-51)60-50)59-46(53)39-37-35-33-31-29-27-24-20-18-16-14-12-10-8-6-4-2/h11,13,17,19,22-23,26,28,43-44,47-51,54-56H,3-10,12,14-16,18,20-21,24-25,27,29-42H2,1-2H3/b13-11+,19-17+,23-22+,28-26+/t43-,44-,47+,48?,49?,50-/m0/s1. The third-order valence-corrected chi connectivity index (χ3v) is 11.0. The molecule has 0 aromatic rings. The summed E-state index contributed by atoms with van der Waals surface area (Å²) in [5.74, 6) is -0.838. The Morgan fingerprint density at radius 2 is 0.933 bits per heavy atom. The van der Waals surface area contributed by atoms with Crippen LogP contribution in [-0.2, 0) is 28.5 Å². The number of carbonyl (C=O) groups excluding carboxylic acids is 2. The Morgan fingerprint density at radius 3 is 1.43 bits per heavy atom. The van der Waals surface area contributed by atoms with E-state index in [0.717, 1.165) is 57.8 Å². The summed E-state index contributed by atoms with van der Waals surface area (Å²) in [7, 11) is 0. The van der Waals surface area contributed by atoms with Gasteiger partial charge in [0.25, 0.3) is 0 Å². The van der Waals surface area contributed by atoms with E-state index in [9.17, 15) is 30.0 Å². The second-order valence-electron chi connectivity index (χ2n) is 16.6. The molecule has 0 aromatic carbocycles. The summed E-state index contributed by atoms with van der Waals surface area (Å²) < 4.78 is 22.2. The third-order valence-electron chi connectivity index (χ3n) is 11.0. The Bertz CT molecular complexity index is 1120. The van der Waals surface area contributed by atoms with Gasteiger partial charge in [-0.05, 0) is 57.8 Å². The van der Waals surface area contributed by atoms with Crippen molar-refractivity contribution in [1.29, 1.82) is 0 Å². The van der Waals surface area contributed by atoms with Crippen LogP contribution in [0.4, 0.5) is 0 Å². The molecule has 10 heteroatoms. The normalized spacial score (nSPS) is 20.3. The largest absolute Gasteiger partial charge is 0.462 e. The van der Waals surface area contributed by atoms with Gasteiger partial charge in [0.05, 0.1) is 13.2 Å². The summed E-state index contributed by atoms with van der Waals surface area (Å²) in [5.41, 5.74) is 0. The van der Waals surface area contributed by atoms with Gasteiger partial charge in [-0.25, -0.2) is 0 Å². The molecule has 0 radical (unpaired) electrons. The van der Waals surface area contributed by atoms with Crippen LogP contribution in [0.2, 0.25) is 0 Å². The Balaban J connectivity index is 2.32. The molecule has 6 atom stereocenters. The highest BCUT2D eigenvalue weighted by atomic mass is 16.7. The molecule has 4 N–H and O–H groups in total. The highest BCUT2D eigenvalue weighted by Crippen LogP contribution is 2.23. The van der Waals surface area contributed by atoms with Crippen molar-refractivity contribution in [2.45, 2.75) is 237 Å². The SMILES string of the molecule is CCCCC/C=C/C/C=C/C/C=C/C/C=C/CCCCCC(=O)OC[C@@H](CO[C@H]1O[C@@H](CO)[C@@H](O)C(O)C1O)OC(=O)CCCCCCCCCCCCCCCCCC. The molecule has 0 spiro atoms. The lowest BCUT2D eigenvalue weighted by Crippen LogP contribution is -2.59. The minimum atomic E-state index is -1.60. The van der Waals surface area contributed by atoms with E-state index in [4.69, 9.17) is 18.9 Å². The molecule has 0 saturated carbocycles. The second-order valence-corrected chi connectivity index (χ2v) is 16.6. The van der Waals surface area contributed by atoms with E-state index in [1.54, 1.807) is 0 Å². The Morgan fingerprint density at radius 1 is 0.517 bits per heavy atom. The van der Waals surface area contributed by atoms with E-state index in [0.29, 0.717) is 12.8 Å². The fraction of sp³-hybridized carbons (Fsp3) is 0.800. The first-order valence-corrected chi connectivity index (χ1v) is 24.2. The molecule has 60 heavy (non-hydrogen) atoms. The highest BCUT2D eigenvalue weighted by Gasteiger charge is 2.44.